The fourth-order valence-corrected chi connectivity index (χ4v) is 1.77. The summed E-state index contributed by atoms with van der Waals surface area (Å²) in [5.41, 5.74) is 0.497. The van der Waals surface area contributed by atoms with Gasteiger partial charge in [-0.05, 0) is 12.1 Å². The van der Waals surface area contributed by atoms with E-state index in [0.717, 1.165) is 0 Å². The summed E-state index contributed by atoms with van der Waals surface area (Å²) in [6.45, 7) is -0.408. The molecule has 6 heteroatoms. The van der Waals surface area contributed by atoms with Crippen molar-refractivity contribution in [3.63, 3.8) is 0 Å². The summed E-state index contributed by atoms with van der Waals surface area (Å²) in [5, 5.41) is 11.1. The smallest absolute Gasteiger partial charge is 0.339 e. The van der Waals surface area contributed by atoms with Gasteiger partial charge in [0.05, 0.1) is 10.6 Å². The lowest BCUT2D eigenvalue weighted by atomic mass is 10.1. The van der Waals surface area contributed by atoms with Crippen LogP contribution in [0.2, 0.25) is 5.02 Å². The Bertz CT molecular complexity index is 640. The number of esters is 1. The zero-order valence-corrected chi connectivity index (χ0v) is 11.0. The minimum absolute atomic E-state index is 0.198. The molecule has 0 bridgehead atoms. The topological polar surface area (TPSA) is 70.3 Å². The Morgan fingerprint density at radius 3 is 2.45 bits per heavy atom. The van der Waals surface area contributed by atoms with Crippen molar-refractivity contribution in [2.24, 2.45) is 0 Å². The van der Waals surface area contributed by atoms with Gasteiger partial charge < -0.3 is 9.94 Å². The van der Waals surface area contributed by atoms with Crippen LogP contribution in [0.15, 0.2) is 48.8 Å². The minimum atomic E-state index is -0.675. The molecule has 0 radical (unpaired) electrons. The number of halogens is 1. The number of aromatic nitrogens is 1. The van der Waals surface area contributed by atoms with Crippen LogP contribution in [-0.2, 0) is 4.74 Å². The molecule has 2 rings (SSSR count). The molecule has 0 spiro atoms. The molecule has 20 heavy (non-hydrogen) atoms. The third-order valence-electron chi connectivity index (χ3n) is 2.55. The Labute approximate surface area is 120 Å². The zero-order valence-electron chi connectivity index (χ0n) is 10.3. The number of carbonyl (C=O) groups is 2. The summed E-state index contributed by atoms with van der Waals surface area (Å²) in [4.78, 5) is 23.5. The highest BCUT2D eigenvalue weighted by Crippen LogP contribution is 2.15. The molecule has 0 unspecified atom stereocenters. The van der Waals surface area contributed by atoms with Gasteiger partial charge in [-0.15, -0.1) is 0 Å². The second-order valence-electron chi connectivity index (χ2n) is 3.93. The van der Waals surface area contributed by atoms with Gasteiger partial charge in [0.1, 0.15) is 0 Å². The Hall–Kier alpha value is -2.40. The van der Waals surface area contributed by atoms with E-state index in [-0.39, 0.29) is 5.56 Å². The molecule has 0 aliphatic heterocycles. The average Bonchev–Trinajstić information content (AvgIpc) is 2.45. The van der Waals surface area contributed by atoms with Gasteiger partial charge in [-0.1, -0.05) is 23.7 Å². The molecule has 102 valence electrons. The average molecular weight is 292 g/mol. The predicted molar refractivity (Wildman–Crippen MR) is 71.5 cm³/mol. The number of ether oxygens (including phenoxy) is 1. The molecule has 0 saturated carbocycles. The summed E-state index contributed by atoms with van der Waals surface area (Å²) in [5.74, 6) is -1.07. The second kappa shape index (κ2) is 6.16. The third kappa shape index (κ3) is 3.33. The summed E-state index contributed by atoms with van der Waals surface area (Å²) < 4.78 is 5.43. The van der Waals surface area contributed by atoms with E-state index in [9.17, 15) is 14.8 Å². The lowest BCUT2D eigenvalue weighted by Gasteiger charge is -2.05. The molecule has 5 nitrogen and oxygen atoms in total. The van der Waals surface area contributed by atoms with Crippen LogP contribution >= 0.6 is 11.6 Å². The number of pyridine rings is 1. The number of Topliss-reactive ketones (excluding diaryl/α,β-unsaturated/α-hetero) is 1. The fourth-order valence-electron chi connectivity index (χ4n) is 1.53. The molecule has 1 aromatic carbocycles. The van der Waals surface area contributed by atoms with Crippen LogP contribution in [0.4, 0.5) is 0 Å². The van der Waals surface area contributed by atoms with Crippen molar-refractivity contribution < 1.29 is 19.1 Å². The van der Waals surface area contributed by atoms with Crippen molar-refractivity contribution in [2.75, 3.05) is 6.61 Å². The first-order valence-electron chi connectivity index (χ1n) is 5.71. The van der Waals surface area contributed by atoms with Crippen LogP contribution in [0.5, 0.6) is 0 Å². The SMILES string of the molecule is O=C(OCC(=O)c1ccccc1Cl)c1cc[n+]([O-])cc1. The number of nitrogens with zero attached hydrogens (tertiary/aromatic N) is 1. The van der Waals surface area contributed by atoms with Gasteiger partial charge in [0.15, 0.2) is 19.0 Å². The molecular weight excluding hydrogens is 282 g/mol. The van der Waals surface area contributed by atoms with Gasteiger partial charge in [0, 0.05) is 17.7 Å². The predicted octanol–water partition coefficient (Wildman–Crippen LogP) is 2.01. The van der Waals surface area contributed by atoms with Crippen LogP contribution in [-0.4, -0.2) is 18.4 Å². The van der Waals surface area contributed by atoms with Crippen molar-refractivity contribution in [1.29, 1.82) is 0 Å². The monoisotopic (exact) mass is 291 g/mol. The second-order valence-corrected chi connectivity index (χ2v) is 4.33. The summed E-state index contributed by atoms with van der Waals surface area (Å²) in [6.07, 6.45) is 2.35. The molecule has 0 atom stereocenters. The molecule has 0 amide bonds. The highest BCUT2D eigenvalue weighted by Gasteiger charge is 2.14. The van der Waals surface area contributed by atoms with Gasteiger partial charge in [0.25, 0.3) is 0 Å². The quantitative estimate of drug-likeness (QED) is 0.374. The lowest BCUT2D eigenvalue weighted by Crippen LogP contribution is -2.24. The molecule has 0 N–H and O–H groups in total. The third-order valence-corrected chi connectivity index (χ3v) is 2.88. The molecule has 1 heterocycles. The van der Waals surface area contributed by atoms with Gasteiger partial charge in [0.2, 0.25) is 5.78 Å². The number of hydrogen-bond acceptors (Lipinski definition) is 4. The van der Waals surface area contributed by atoms with E-state index in [1.165, 1.54) is 24.5 Å². The molecular formula is C14H10ClNO4. The highest BCUT2D eigenvalue weighted by molar-refractivity contribution is 6.34. The first-order chi connectivity index (χ1) is 9.58. The first kappa shape index (κ1) is 14.0. The number of hydrogen-bond donors (Lipinski definition) is 0. The van der Waals surface area contributed by atoms with Crippen molar-refractivity contribution in [2.45, 2.75) is 0 Å². The van der Waals surface area contributed by atoms with Crippen LogP contribution in [0.1, 0.15) is 20.7 Å². The first-order valence-corrected chi connectivity index (χ1v) is 6.09. The van der Waals surface area contributed by atoms with Crippen molar-refractivity contribution in [3.05, 3.63) is 70.1 Å². The Morgan fingerprint density at radius 1 is 1.15 bits per heavy atom. The molecule has 2 aromatic rings. The van der Waals surface area contributed by atoms with E-state index in [4.69, 9.17) is 16.3 Å². The Kier molecular flexibility index (Phi) is 4.32. The molecule has 0 saturated heterocycles. The van der Waals surface area contributed by atoms with Crippen LogP contribution in [0.25, 0.3) is 0 Å². The van der Waals surface area contributed by atoms with Gasteiger partial charge in [-0.3, -0.25) is 4.79 Å². The summed E-state index contributed by atoms with van der Waals surface area (Å²) >= 11 is 5.87. The van der Waals surface area contributed by atoms with E-state index in [1.807, 2.05) is 0 Å². The van der Waals surface area contributed by atoms with Crippen LogP contribution < -0.4 is 4.73 Å². The van der Waals surface area contributed by atoms with Crippen LogP contribution in [0.3, 0.4) is 0 Å². The van der Waals surface area contributed by atoms with Gasteiger partial charge in [-0.25, -0.2) is 4.79 Å². The van der Waals surface area contributed by atoms with Gasteiger partial charge in [-0.2, -0.15) is 4.73 Å². The van der Waals surface area contributed by atoms with E-state index >= 15 is 0 Å². The van der Waals surface area contributed by atoms with Crippen molar-refractivity contribution >= 4 is 23.4 Å². The summed E-state index contributed by atoms with van der Waals surface area (Å²) in [7, 11) is 0. The van der Waals surface area contributed by atoms with Crippen molar-refractivity contribution in [3.8, 4) is 0 Å². The number of carbonyl (C=O) groups excluding carboxylic acids is 2. The number of rotatable bonds is 4. The molecule has 1 aromatic heterocycles. The Morgan fingerprint density at radius 2 is 1.80 bits per heavy atom. The number of ketones is 1. The normalized spacial score (nSPS) is 10.1. The highest BCUT2D eigenvalue weighted by atomic mass is 35.5. The summed E-state index contributed by atoms with van der Waals surface area (Å²) in [6, 6.07) is 9.14. The fraction of sp³-hybridized carbons (Fsp3) is 0.0714. The van der Waals surface area contributed by atoms with E-state index in [0.29, 0.717) is 15.3 Å². The standard InChI is InChI=1S/C14H10ClNO4/c15-12-4-2-1-3-11(12)13(17)9-20-14(18)10-5-7-16(19)8-6-10/h1-8H,9H2. The maximum absolute atomic E-state index is 11.8. The molecule has 0 fully saturated rings. The molecule has 0 aliphatic carbocycles. The van der Waals surface area contributed by atoms with E-state index in [2.05, 4.69) is 0 Å². The van der Waals surface area contributed by atoms with Crippen molar-refractivity contribution in [1.82, 2.24) is 0 Å². The minimum Gasteiger partial charge on any atom is -0.619 e. The Balaban J connectivity index is 1.99. The zero-order chi connectivity index (χ0) is 14.5. The number of benzene rings is 1. The van der Waals surface area contributed by atoms with E-state index in [1.54, 1.807) is 24.3 Å². The van der Waals surface area contributed by atoms with E-state index < -0.39 is 18.4 Å². The largest absolute Gasteiger partial charge is 0.619 e. The maximum Gasteiger partial charge on any atom is 0.339 e. The van der Waals surface area contributed by atoms with Gasteiger partial charge >= 0.3 is 5.97 Å². The lowest BCUT2D eigenvalue weighted by molar-refractivity contribution is -0.605. The maximum atomic E-state index is 11.8. The molecule has 0 aliphatic rings. The van der Waals surface area contributed by atoms with Crippen LogP contribution in [0, 0.1) is 5.21 Å².